The molecule has 1 aromatic carbocycles. The van der Waals surface area contributed by atoms with Gasteiger partial charge in [-0.15, -0.1) is 0 Å². The van der Waals surface area contributed by atoms with E-state index >= 15 is 0 Å². The second kappa shape index (κ2) is 9.28. The molecule has 2 amide bonds. The lowest BCUT2D eigenvalue weighted by atomic mass is 9.88. The predicted molar refractivity (Wildman–Crippen MR) is 109 cm³/mol. The molecule has 156 valence electrons. The first-order chi connectivity index (χ1) is 13.1. The Balaban J connectivity index is 2.01. The van der Waals surface area contributed by atoms with Gasteiger partial charge in [0, 0.05) is 30.7 Å². The number of methoxy groups -OCH3 is 1. The number of likely N-dealkylation sites (tertiary alicyclic amines) is 1. The van der Waals surface area contributed by atoms with E-state index in [0.29, 0.717) is 35.4 Å². The lowest BCUT2D eigenvalue weighted by Crippen LogP contribution is -2.56. The maximum absolute atomic E-state index is 12.6. The van der Waals surface area contributed by atoms with Crippen LogP contribution in [0, 0.1) is 11.8 Å². The van der Waals surface area contributed by atoms with Crippen molar-refractivity contribution in [3.8, 4) is 11.5 Å². The highest BCUT2D eigenvalue weighted by atomic mass is 16.5. The monoisotopic (exact) mass is 391 g/mol. The van der Waals surface area contributed by atoms with Crippen LogP contribution in [-0.2, 0) is 4.79 Å². The van der Waals surface area contributed by atoms with Crippen molar-refractivity contribution in [2.24, 2.45) is 17.6 Å². The Hall–Kier alpha value is -2.28. The summed E-state index contributed by atoms with van der Waals surface area (Å²) in [5.74, 6) is 1.33. The molecule has 0 bridgehead atoms. The van der Waals surface area contributed by atoms with Gasteiger partial charge < -0.3 is 20.5 Å². The summed E-state index contributed by atoms with van der Waals surface area (Å²) >= 11 is 0. The van der Waals surface area contributed by atoms with Gasteiger partial charge in [0.1, 0.15) is 0 Å². The Morgan fingerprint density at radius 1 is 1.21 bits per heavy atom. The van der Waals surface area contributed by atoms with Crippen LogP contribution < -0.4 is 20.5 Å². The summed E-state index contributed by atoms with van der Waals surface area (Å²) in [5.41, 5.74) is 5.44. The van der Waals surface area contributed by atoms with Gasteiger partial charge in [0.25, 0.3) is 11.8 Å². The zero-order valence-corrected chi connectivity index (χ0v) is 17.6. The molecule has 1 aliphatic heterocycles. The average molecular weight is 392 g/mol. The Kier molecular flexibility index (Phi) is 7.29. The summed E-state index contributed by atoms with van der Waals surface area (Å²) < 4.78 is 10.6. The first kappa shape index (κ1) is 22.0. The number of nitrogens with two attached hydrogens (primary N) is 1. The van der Waals surface area contributed by atoms with Crippen LogP contribution in [0.2, 0.25) is 0 Å². The molecule has 1 aliphatic rings. The first-order valence-electron chi connectivity index (χ1n) is 9.74. The third-order valence-corrected chi connectivity index (χ3v) is 5.20. The largest absolute Gasteiger partial charge is 0.493 e. The lowest BCUT2D eigenvalue weighted by Gasteiger charge is -2.45. The highest BCUT2D eigenvalue weighted by Crippen LogP contribution is 2.29. The van der Waals surface area contributed by atoms with Crippen LogP contribution in [0.3, 0.4) is 0 Å². The first-order valence-corrected chi connectivity index (χ1v) is 9.74. The van der Waals surface area contributed by atoms with E-state index < -0.39 is 5.91 Å². The SMILES string of the molecule is COc1cc(C(=O)NCC(C)(C)N2CC(C)CC(C)C2)ccc1OCC(N)=O. The quantitative estimate of drug-likeness (QED) is 0.707. The molecule has 1 saturated heterocycles. The van der Waals surface area contributed by atoms with Gasteiger partial charge in [0.05, 0.1) is 7.11 Å². The van der Waals surface area contributed by atoms with Gasteiger partial charge in [0.2, 0.25) is 0 Å². The van der Waals surface area contributed by atoms with Crippen molar-refractivity contribution < 1.29 is 19.1 Å². The molecule has 1 fully saturated rings. The van der Waals surface area contributed by atoms with E-state index in [4.69, 9.17) is 15.2 Å². The van der Waals surface area contributed by atoms with E-state index in [-0.39, 0.29) is 18.1 Å². The molecule has 2 rings (SSSR count). The fourth-order valence-corrected chi connectivity index (χ4v) is 3.74. The number of nitrogens with one attached hydrogen (secondary N) is 1. The van der Waals surface area contributed by atoms with Gasteiger partial charge in [-0.1, -0.05) is 13.8 Å². The van der Waals surface area contributed by atoms with E-state index in [9.17, 15) is 9.59 Å². The minimum atomic E-state index is -0.576. The summed E-state index contributed by atoms with van der Waals surface area (Å²) in [7, 11) is 1.48. The van der Waals surface area contributed by atoms with E-state index in [1.54, 1.807) is 18.2 Å². The predicted octanol–water partition coefficient (Wildman–Crippen LogP) is 2.05. The van der Waals surface area contributed by atoms with Crippen molar-refractivity contribution >= 4 is 11.8 Å². The van der Waals surface area contributed by atoms with Crippen LogP contribution in [0.5, 0.6) is 11.5 Å². The zero-order valence-electron chi connectivity index (χ0n) is 17.6. The Morgan fingerprint density at radius 2 is 1.86 bits per heavy atom. The highest BCUT2D eigenvalue weighted by molar-refractivity contribution is 5.95. The number of hydrogen-bond acceptors (Lipinski definition) is 5. The van der Waals surface area contributed by atoms with Crippen molar-refractivity contribution in [1.29, 1.82) is 0 Å². The molecule has 0 aliphatic carbocycles. The van der Waals surface area contributed by atoms with E-state index in [1.807, 2.05) is 0 Å². The molecule has 28 heavy (non-hydrogen) atoms. The zero-order chi connectivity index (χ0) is 20.9. The lowest BCUT2D eigenvalue weighted by molar-refractivity contribution is -0.119. The number of amides is 2. The second-order valence-corrected chi connectivity index (χ2v) is 8.47. The fraction of sp³-hybridized carbons (Fsp3) is 0.619. The normalized spacial score (nSPS) is 20.5. The van der Waals surface area contributed by atoms with Gasteiger partial charge in [-0.05, 0) is 50.3 Å². The van der Waals surface area contributed by atoms with Crippen molar-refractivity contribution in [2.45, 2.75) is 39.7 Å². The number of primary amides is 1. The molecule has 2 atom stereocenters. The Morgan fingerprint density at radius 3 is 2.43 bits per heavy atom. The number of nitrogens with zero attached hydrogens (tertiary/aromatic N) is 1. The minimum Gasteiger partial charge on any atom is -0.493 e. The van der Waals surface area contributed by atoms with Crippen molar-refractivity contribution in [3.05, 3.63) is 23.8 Å². The van der Waals surface area contributed by atoms with Gasteiger partial charge >= 0.3 is 0 Å². The van der Waals surface area contributed by atoms with Crippen LogP contribution in [0.1, 0.15) is 44.5 Å². The third-order valence-electron chi connectivity index (χ3n) is 5.20. The fourth-order valence-electron chi connectivity index (χ4n) is 3.74. The number of rotatable bonds is 8. The van der Waals surface area contributed by atoms with Crippen LogP contribution in [0.4, 0.5) is 0 Å². The van der Waals surface area contributed by atoms with Crippen LogP contribution in [0.25, 0.3) is 0 Å². The molecule has 2 unspecified atom stereocenters. The topological polar surface area (TPSA) is 93.9 Å². The minimum absolute atomic E-state index is 0.132. The van der Waals surface area contributed by atoms with Gasteiger partial charge in [-0.25, -0.2) is 0 Å². The van der Waals surface area contributed by atoms with Crippen LogP contribution in [0.15, 0.2) is 18.2 Å². The molecule has 3 N–H and O–H groups in total. The molecular formula is C21H33N3O4. The van der Waals surface area contributed by atoms with Crippen molar-refractivity contribution in [3.63, 3.8) is 0 Å². The molecule has 7 heteroatoms. The van der Waals surface area contributed by atoms with Crippen molar-refractivity contribution in [1.82, 2.24) is 10.2 Å². The van der Waals surface area contributed by atoms with Crippen LogP contribution in [-0.4, -0.2) is 55.6 Å². The molecule has 1 heterocycles. The van der Waals surface area contributed by atoms with Crippen LogP contribution >= 0.6 is 0 Å². The molecule has 7 nitrogen and oxygen atoms in total. The highest BCUT2D eigenvalue weighted by Gasteiger charge is 2.33. The molecule has 0 aromatic heterocycles. The summed E-state index contributed by atoms with van der Waals surface area (Å²) in [6.07, 6.45) is 1.25. The maximum Gasteiger partial charge on any atom is 0.255 e. The van der Waals surface area contributed by atoms with E-state index in [1.165, 1.54) is 13.5 Å². The Bertz CT molecular complexity index is 695. The average Bonchev–Trinajstić information content (AvgIpc) is 2.63. The standard InChI is InChI=1S/C21H33N3O4/c1-14-8-15(2)11-24(10-14)21(3,4)13-23-20(26)16-6-7-17(18(9-16)27-5)28-12-19(22)25/h6-7,9,14-15H,8,10-13H2,1-5H3,(H2,22,25)(H,23,26). The number of carbonyl (C=O) groups is 2. The summed E-state index contributed by atoms with van der Waals surface area (Å²) in [5, 5.41) is 3.04. The van der Waals surface area contributed by atoms with Crippen molar-refractivity contribution in [2.75, 3.05) is 33.4 Å². The molecule has 0 spiro atoms. The number of ether oxygens (including phenoxy) is 2. The Labute approximate surface area is 167 Å². The summed E-state index contributed by atoms with van der Waals surface area (Å²) in [6, 6.07) is 4.85. The number of benzene rings is 1. The number of piperidine rings is 1. The van der Waals surface area contributed by atoms with Gasteiger partial charge in [-0.3, -0.25) is 14.5 Å². The summed E-state index contributed by atoms with van der Waals surface area (Å²) in [6.45, 7) is 11.3. The van der Waals surface area contributed by atoms with E-state index in [2.05, 4.69) is 37.9 Å². The van der Waals surface area contributed by atoms with E-state index in [0.717, 1.165) is 13.1 Å². The summed E-state index contributed by atoms with van der Waals surface area (Å²) in [4.78, 5) is 26.0. The second-order valence-electron chi connectivity index (χ2n) is 8.47. The smallest absolute Gasteiger partial charge is 0.255 e. The molecular weight excluding hydrogens is 358 g/mol. The maximum atomic E-state index is 12.6. The molecule has 0 radical (unpaired) electrons. The van der Waals surface area contributed by atoms with Gasteiger partial charge in [0.15, 0.2) is 18.1 Å². The number of hydrogen-bond donors (Lipinski definition) is 2. The molecule has 0 saturated carbocycles. The van der Waals surface area contributed by atoms with Gasteiger partial charge in [-0.2, -0.15) is 0 Å². The number of carbonyl (C=O) groups excluding carboxylic acids is 2. The molecule has 1 aromatic rings. The third kappa shape index (κ3) is 5.86.